The van der Waals surface area contributed by atoms with Crippen molar-refractivity contribution < 1.29 is 14.1 Å². The van der Waals surface area contributed by atoms with Gasteiger partial charge in [-0.1, -0.05) is 0 Å². The highest BCUT2D eigenvalue weighted by atomic mass is 19.1. The summed E-state index contributed by atoms with van der Waals surface area (Å²) in [4.78, 5) is 17.9. The monoisotopic (exact) mass is 249 g/mol. The Kier molecular flexibility index (Phi) is 3.42. The van der Waals surface area contributed by atoms with E-state index in [1.54, 1.807) is 6.07 Å². The zero-order valence-electron chi connectivity index (χ0n) is 9.12. The summed E-state index contributed by atoms with van der Waals surface area (Å²) in [6.45, 7) is -0.0644. The van der Waals surface area contributed by atoms with Crippen LogP contribution >= 0.6 is 0 Å². The highest BCUT2D eigenvalue weighted by molar-refractivity contribution is 5.46. The Labute approximate surface area is 101 Å². The number of hydrogen-bond donors (Lipinski definition) is 0. The number of halogens is 1. The second kappa shape index (κ2) is 5.17. The van der Waals surface area contributed by atoms with Crippen LogP contribution in [0.4, 0.5) is 10.1 Å². The average molecular weight is 249 g/mol. The summed E-state index contributed by atoms with van der Waals surface area (Å²) >= 11 is 0. The largest absolute Gasteiger partial charge is 0.479 e. The van der Waals surface area contributed by atoms with Gasteiger partial charge in [0.15, 0.2) is 11.6 Å². The minimum absolute atomic E-state index is 0.0644. The molecule has 0 amide bonds. The van der Waals surface area contributed by atoms with Crippen molar-refractivity contribution in [1.82, 2.24) is 9.97 Å². The van der Waals surface area contributed by atoms with E-state index in [1.165, 1.54) is 12.4 Å². The highest BCUT2D eigenvalue weighted by Gasteiger charge is 2.16. The first-order chi connectivity index (χ1) is 8.66. The van der Waals surface area contributed by atoms with Gasteiger partial charge >= 0.3 is 5.69 Å². The van der Waals surface area contributed by atoms with E-state index in [1.807, 2.05) is 0 Å². The van der Waals surface area contributed by atoms with Crippen molar-refractivity contribution in [1.29, 1.82) is 0 Å². The van der Waals surface area contributed by atoms with Crippen molar-refractivity contribution in [3.63, 3.8) is 0 Å². The molecule has 2 aromatic rings. The molecule has 0 radical (unpaired) electrons. The Morgan fingerprint density at radius 3 is 2.72 bits per heavy atom. The number of ether oxygens (including phenoxy) is 1. The van der Waals surface area contributed by atoms with Crippen LogP contribution in [-0.2, 0) is 6.61 Å². The molecular formula is C11H8FN3O3. The van der Waals surface area contributed by atoms with E-state index < -0.39 is 10.7 Å². The Morgan fingerprint density at radius 2 is 2.06 bits per heavy atom. The number of nitro benzene ring substituents is 1. The number of rotatable bonds is 4. The highest BCUT2D eigenvalue weighted by Crippen LogP contribution is 2.27. The van der Waals surface area contributed by atoms with Crippen molar-refractivity contribution in [2.45, 2.75) is 6.61 Å². The second-order valence-electron chi connectivity index (χ2n) is 3.32. The maximum atomic E-state index is 13.0. The Morgan fingerprint density at radius 1 is 1.33 bits per heavy atom. The second-order valence-corrected chi connectivity index (χ2v) is 3.32. The fourth-order valence-corrected chi connectivity index (χ4v) is 1.30. The summed E-state index contributed by atoms with van der Waals surface area (Å²) in [6.07, 6.45) is 3.04. The molecule has 0 atom stereocenters. The molecule has 0 saturated heterocycles. The van der Waals surface area contributed by atoms with Crippen LogP contribution < -0.4 is 4.74 Å². The van der Waals surface area contributed by atoms with Gasteiger partial charge in [0.25, 0.3) is 0 Å². The maximum Gasteiger partial charge on any atom is 0.311 e. The zero-order chi connectivity index (χ0) is 13.0. The van der Waals surface area contributed by atoms with Crippen LogP contribution in [0.5, 0.6) is 5.75 Å². The van der Waals surface area contributed by atoms with E-state index >= 15 is 0 Å². The molecule has 1 aromatic heterocycles. The van der Waals surface area contributed by atoms with Crippen LogP contribution in [0, 0.1) is 15.9 Å². The number of hydrogen-bond acceptors (Lipinski definition) is 5. The van der Waals surface area contributed by atoms with Crippen LogP contribution in [-0.4, -0.2) is 14.9 Å². The van der Waals surface area contributed by atoms with E-state index in [9.17, 15) is 14.5 Å². The lowest BCUT2D eigenvalue weighted by Gasteiger charge is -2.05. The Hall–Kier alpha value is -2.57. The van der Waals surface area contributed by atoms with Crippen molar-refractivity contribution in [2.75, 3.05) is 0 Å². The van der Waals surface area contributed by atoms with Crippen LogP contribution in [0.1, 0.15) is 5.82 Å². The zero-order valence-corrected chi connectivity index (χ0v) is 9.12. The standard InChI is InChI=1S/C11H8FN3O3/c12-8-2-3-9(15(16)17)10(6-8)18-7-11-13-4-1-5-14-11/h1-6H,7H2. The van der Waals surface area contributed by atoms with Gasteiger partial charge in [-0.15, -0.1) is 0 Å². The lowest BCUT2D eigenvalue weighted by molar-refractivity contribution is -0.386. The molecule has 6 nitrogen and oxygen atoms in total. The molecule has 0 bridgehead atoms. The molecule has 0 saturated carbocycles. The van der Waals surface area contributed by atoms with Gasteiger partial charge < -0.3 is 4.74 Å². The molecule has 7 heteroatoms. The van der Waals surface area contributed by atoms with Gasteiger partial charge in [0.1, 0.15) is 12.4 Å². The maximum absolute atomic E-state index is 13.0. The van der Waals surface area contributed by atoms with Gasteiger partial charge in [-0.25, -0.2) is 14.4 Å². The first kappa shape index (κ1) is 11.9. The van der Waals surface area contributed by atoms with E-state index in [0.717, 1.165) is 18.2 Å². The molecule has 18 heavy (non-hydrogen) atoms. The minimum atomic E-state index is -0.638. The third-order valence-corrected chi connectivity index (χ3v) is 2.09. The molecule has 2 rings (SSSR count). The SMILES string of the molecule is O=[N+]([O-])c1ccc(F)cc1OCc1ncccn1. The van der Waals surface area contributed by atoms with E-state index in [4.69, 9.17) is 4.74 Å². The molecule has 1 heterocycles. The minimum Gasteiger partial charge on any atom is -0.479 e. The summed E-state index contributed by atoms with van der Waals surface area (Å²) in [5.41, 5.74) is -0.299. The third kappa shape index (κ3) is 2.76. The fraction of sp³-hybridized carbons (Fsp3) is 0.0909. The van der Waals surface area contributed by atoms with Gasteiger partial charge in [-0.05, 0) is 12.1 Å². The average Bonchev–Trinajstić information content (AvgIpc) is 2.37. The first-order valence-corrected chi connectivity index (χ1v) is 4.99. The van der Waals surface area contributed by atoms with Gasteiger partial charge in [0.05, 0.1) is 4.92 Å². The molecule has 0 N–H and O–H groups in total. The predicted octanol–water partition coefficient (Wildman–Crippen LogP) is 2.10. The van der Waals surface area contributed by atoms with Crippen LogP contribution in [0.15, 0.2) is 36.7 Å². The normalized spacial score (nSPS) is 10.1. The Balaban J connectivity index is 2.18. The molecule has 0 aliphatic heterocycles. The van der Waals surface area contributed by atoms with E-state index in [-0.39, 0.29) is 18.0 Å². The van der Waals surface area contributed by atoms with E-state index in [2.05, 4.69) is 9.97 Å². The number of aromatic nitrogens is 2. The quantitative estimate of drug-likeness (QED) is 0.612. The number of nitro groups is 1. The lowest BCUT2D eigenvalue weighted by atomic mass is 10.3. The molecule has 1 aromatic carbocycles. The summed E-state index contributed by atoms with van der Waals surface area (Å²) in [5.74, 6) is -0.395. The Bertz CT molecular complexity index is 563. The fourth-order valence-electron chi connectivity index (χ4n) is 1.30. The number of benzene rings is 1. The summed E-state index contributed by atoms with van der Waals surface area (Å²) in [7, 11) is 0. The molecular weight excluding hydrogens is 241 g/mol. The molecule has 0 aliphatic carbocycles. The topological polar surface area (TPSA) is 78.2 Å². The van der Waals surface area contributed by atoms with Crippen LogP contribution in [0.25, 0.3) is 0 Å². The molecule has 92 valence electrons. The van der Waals surface area contributed by atoms with Crippen molar-refractivity contribution in [3.05, 3.63) is 58.4 Å². The first-order valence-electron chi connectivity index (χ1n) is 4.99. The smallest absolute Gasteiger partial charge is 0.311 e. The summed E-state index contributed by atoms with van der Waals surface area (Å²) in [5, 5.41) is 10.7. The third-order valence-electron chi connectivity index (χ3n) is 2.09. The van der Waals surface area contributed by atoms with Gasteiger partial charge in [-0.2, -0.15) is 0 Å². The van der Waals surface area contributed by atoms with Crippen LogP contribution in [0.3, 0.4) is 0 Å². The van der Waals surface area contributed by atoms with Crippen LogP contribution in [0.2, 0.25) is 0 Å². The van der Waals surface area contributed by atoms with Crippen molar-refractivity contribution in [3.8, 4) is 5.75 Å². The number of nitrogens with zero attached hydrogens (tertiary/aromatic N) is 3. The molecule has 0 aliphatic rings. The predicted molar refractivity (Wildman–Crippen MR) is 59.4 cm³/mol. The molecule has 0 spiro atoms. The lowest BCUT2D eigenvalue weighted by Crippen LogP contribution is -2.02. The van der Waals surface area contributed by atoms with Gasteiger partial charge in [0.2, 0.25) is 0 Å². The van der Waals surface area contributed by atoms with E-state index in [0.29, 0.717) is 5.82 Å². The molecule has 0 unspecified atom stereocenters. The van der Waals surface area contributed by atoms with Crippen molar-refractivity contribution >= 4 is 5.69 Å². The van der Waals surface area contributed by atoms with Crippen molar-refractivity contribution in [2.24, 2.45) is 0 Å². The van der Waals surface area contributed by atoms with Gasteiger partial charge in [0, 0.05) is 24.5 Å². The summed E-state index contributed by atoms with van der Waals surface area (Å²) < 4.78 is 18.2. The molecule has 0 fully saturated rings. The summed E-state index contributed by atoms with van der Waals surface area (Å²) in [6, 6.07) is 4.65. The van der Waals surface area contributed by atoms with Gasteiger partial charge in [-0.3, -0.25) is 10.1 Å².